The first-order valence-corrected chi connectivity index (χ1v) is 7.60. The molecule has 0 aliphatic carbocycles. The van der Waals surface area contributed by atoms with Crippen LogP contribution in [0.4, 0.5) is 5.69 Å². The molecule has 8 nitrogen and oxygen atoms in total. The van der Waals surface area contributed by atoms with Crippen LogP contribution in [-0.4, -0.2) is 17.6 Å². The van der Waals surface area contributed by atoms with Gasteiger partial charge in [0.05, 0.1) is 16.6 Å². The Bertz CT molecular complexity index is 932. The number of benzene rings is 2. The minimum Gasteiger partial charge on any atom is -0.454 e. The van der Waals surface area contributed by atoms with E-state index < -0.39 is 10.8 Å². The van der Waals surface area contributed by atoms with Gasteiger partial charge in [-0.3, -0.25) is 14.9 Å². The molecule has 2 aromatic rings. The normalized spacial score (nSPS) is 12.3. The van der Waals surface area contributed by atoms with E-state index in [-0.39, 0.29) is 35.9 Å². The topological polar surface area (TPSA) is 114 Å². The highest BCUT2D eigenvalue weighted by atomic mass is 16.7. The molecule has 8 heteroatoms. The van der Waals surface area contributed by atoms with Crippen molar-refractivity contribution in [3.63, 3.8) is 0 Å². The molecule has 0 atom stereocenters. The number of nitro groups is 1. The number of carbonyl (C=O) groups excluding carboxylic acids is 1. The summed E-state index contributed by atoms with van der Waals surface area (Å²) >= 11 is 0. The second kappa shape index (κ2) is 7.36. The van der Waals surface area contributed by atoms with Crippen molar-refractivity contribution in [1.29, 1.82) is 5.26 Å². The third kappa shape index (κ3) is 3.62. The van der Waals surface area contributed by atoms with Gasteiger partial charge in [0.25, 0.3) is 11.6 Å². The molecule has 26 heavy (non-hydrogen) atoms. The van der Waals surface area contributed by atoms with Gasteiger partial charge in [0.15, 0.2) is 11.5 Å². The third-order valence-corrected chi connectivity index (χ3v) is 3.68. The van der Waals surface area contributed by atoms with E-state index in [1.54, 1.807) is 6.07 Å². The molecule has 0 fully saturated rings. The molecule has 0 saturated heterocycles. The van der Waals surface area contributed by atoms with E-state index in [4.69, 9.17) is 9.47 Å². The van der Waals surface area contributed by atoms with Gasteiger partial charge < -0.3 is 14.8 Å². The number of nitrogens with zero attached hydrogens (tertiary/aromatic N) is 2. The van der Waals surface area contributed by atoms with Crippen LogP contribution in [0.15, 0.2) is 48.0 Å². The standard InChI is InChI=1S/C18H13N3O5/c19-9-14(18(22)20-10-12-4-2-1-3-5-12)6-13-7-16-17(26-11-25-16)8-15(13)21(23)24/h1-8H,10-11H2,(H,20,22). The van der Waals surface area contributed by atoms with E-state index >= 15 is 0 Å². The summed E-state index contributed by atoms with van der Waals surface area (Å²) in [5.74, 6) is -0.0481. The Morgan fingerprint density at radius 1 is 1.27 bits per heavy atom. The summed E-state index contributed by atoms with van der Waals surface area (Å²) in [7, 11) is 0. The summed E-state index contributed by atoms with van der Waals surface area (Å²) in [5, 5.41) is 23.2. The number of nitriles is 1. The predicted octanol–water partition coefficient (Wildman–Crippen LogP) is 2.55. The van der Waals surface area contributed by atoms with Gasteiger partial charge in [-0.15, -0.1) is 0 Å². The fourth-order valence-corrected chi connectivity index (χ4v) is 2.40. The Morgan fingerprint density at radius 3 is 2.62 bits per heavy atom. The zero-order valence-corrected chi connectivity index (χ0v) is 13.5. The van der Waals surface area contributed by atoms with Crippen molar-refractivity contribution in [3.05, 3.63) is 69.3 Å². The first-order valence-electron chi connectivity index (χ1n) is 7.60. The molecule has 2 aromatic carbocycles. The molecular formula is C18H13N3O5. The van der Waals surface area contributed by atoms with Crippen LogP contribution >= 0.6 is 0 Å². The van der Waals surface area contributed by atoms with Crippen molar-refractivity contribution < 1.29 is 19.2 Å². The first kappa shape index (κ1) is 17.0. The Labute approximate surface area is 148 Å². The molecule has 0 aromatic heterocycles. The number of nitrogens with one attached hydrogen (secondary N) is 1. The zero-order valence-electron chi connectivity index (χ0n) is 13.5. The van der Waals surface area contributed by atoms with Gasteiger partial charge in [0.2, 0.25) is 6.79 Å². The van der Waals surface area contributed by atoms with Crippen LogP contribution in [-0.2, 0) is 11.3 Å². The molecule has 0 saturated carbocycles. The zero-order chi connectivity index (χ0) is 18.5. The smallest absolute Gasteiger partial charge is 0.280 e. The van der Waals surface area contributed by atoms with Crippen LogP contribution in [0, 0.1) is 21.4 Å². The average Bonchev–Trinajstić information content (AvgIpc) is 3.11. The quantitative estimate of drug-likeness (QED) is 0.383. The molecule has 0 bridgehead atoms. The maximum atomic E-state index is 12.2. The van der Waals surface area contributed by atoms with E-state index in [9.17, 15) is 20.2 Å². The van der Waals surface area contributed by atoms with Gasteiger partial charge in [-0.1, -0.05) is 30.3 Å². The summed E-state index contributed by atoms with van der Waals surface area (Å²) < 4.78 is 10.3. The molecule has 130 valence electrons. The van der Waals surface area contributed by atoms with E-state index in [0.29, 0.717) is 5.75 Å². The van der Waals surface area contributed by atoms with Crippen molar-refractivity contribution in [2.75, 3.05) is 6.79 Å². The second-order valence-corrected chi connectivity index (χ2v) is 5.36. The summed E-state index contributed by atoms with van der Waals surface area (Å²) in [4.78, 5) is 22.9. The largest absolute Gasteiger partial charge is 0.454 e. The number of carbonyl (C=O) groups is 1. The molecule has 1 amide bonds. The van der Waals surface area contributed by atoms with Gasteiger partial charge in [0.1, 0.15) is 11.6 Å². The first-order chi connectivity index (χ1) is 12.6. The molecule has 1 heterocycles. The lowest BCUT2D eigenvalue weighted by Crippen LogP contribution is -2.23. The highest BCUT2D eigenvalue weighted by Crippen LogP contribution is 2.38. The van der Waals surface area contributed by atoms with Crippen LogP contribution in [0.5, 0.6) is 11.5 Å². The number of hydrogen-bond donors (Lipinski definition) is 1. The number of ether oxygens (including phenoxy) is 2. The fourth-order valence-electron chi connectivity index (χ4n) is 2.40. The molecule has 0 unspecified atom stereocenters. The summed E-state index contributed by atoms with van der Waals surface area (Å²) in [6.45, 7) is 0.199. The van der Waals surface area contributed by atoms with Gasteiger partial charge in [0, 0.05) is 6.54 Å². The Hall–Kier alpha value is -3.86. The fraction of sp³-hybridized carbons (Fsp3) is 0.111. The summed E-state index contributed by atoms with van der Waals surface area (Å²) in [6.07, 6.45) is 1.17. The van der Waals surface area contributed by atoms with Crippen LogP contribution in [0.1, 0.15) is 11.1 Å². The maximum Gasteiger partial charge on any atom is 0.280 e. The van der Waals surface area contributed by atoms with E-state index in [1.165, 1.54) is 18.2 Å². The third-order valence-electron chi connectivity index (χ3n) is 3.68. The molecule has 1 N–H and O–H groups in total. The van der Waals surface area contributed by atoms with Crippen molar-refractivity contribution in [1.82, 2.24) is 5.32 Å². The maximum absolute atomic E-state index is 12.2. The average molecular weight is 351 g/mol. The van der Waals surface area contributed by atoms with E-state index in [2.05, 4.69) is 5.32 Å². The van der Waals surface area contributed by atoms with Crippen LogP contribution in [0.25, 0.3) is 6.08 Å². The molecular weight excluding hydrogens is 338 g/mol. The lowest BCUT2D eigenvalue weighted by molar-refractivity contribution is -0.385. The minimum absolute atomic E-state index is 0.0394. The number of amides is 1. The van der Waals surface area contributed by atoms with E-state index in [1.807, 2.05) is 30.3 Å². The van der Waals surface area contributed by atoms with Gasteiger partial charge in [-0.05, 0) is 17.7 Å². The lowest BCUT2D eigenvalue weighted by atomic mass is 10.1. The van der Waals surface area contributed by atoms with Crippen molar-refractivity contribution in [2.24, 2.45) is 0 Å². The lowest BCUT2D eigenvalue weighted by Gasteiger charge is -2.05. The van der Waals surface area contributed by atoms with Gasteiger partial charge in [-0.2, -0.15) is 5.26 Å². The minimum atomic E-state index is -0.622. The Morgan fingerprint density at radius 2 is 1.96 bits per heavy atom. The summed E-state index contributed by atoms with van der Waals surface area (Å²) in [6, 6.07) is 13.5. The van der Waals surface area contributed by atoms with Crippen LogP contribution in [0.3, 0.4) is 0 Å². The Kier molecular flexibility index (Phi) is 4.80. The molecule has 0 radical (unpaired) electrons. The SMILES string of the molecule is N#CC(=Cc1cc2c(cc1[N+](=O)[O-])OCO2)C(=O)NCc1ccccc1. The predicted molar refractivity (Wildman–Crippen MR) is 91.1 cm³/mol. The van der Waals surface area contributed by atoms with E-state index in [0.717, 1.165) is 5.56 Å². The number of nitro benzene ring substituents is 1. The van der Waals surface area contributed by atoms with Crippen LogP contribution in [0.2, 0.25) is 0 Å². The second-order valence-electron chi connectivity index (χ2n) is 5.36. The number of hydrogen-bond acceptors (Lipinski definition) is 6. The summed E-state index contributed by atoms with van der Waals surface area (Å²) in [5.41, 5.74) is 0.429. The Balaban J connectivity index is 1.85. The molecule has 1 aliphatic heterocycles. The number of fused-ring (bicyclic) bond motifs is 1. The van der Waals surface area contributed by atoms with Crippen molar-refractivity contribution >= 4 is 17.7 Å². The highest BCUT2D eigenvalue weighted by molar-refractivity contribution is 6.02. The van der Waals surface area contributed by atoms with Crippen molar-refractivity contribution in [3.8, 4) is 17.6 Å². The highest BCUT2D eigenvalue weighted by Gasteiger charge is 2.23. The molecule has 0 spiro atoms. The van der Waals surface area contributed by atoms with Gasteiger partial charge in [-0.25, -0.2) is 0 Å². The van der Waals surface area contributed by atoms with Crippen LogP contribution < -0.4 is 14.8 Å². The monoisotopic (exact) mass is 351 g/mol. The van der Waals surface area contributed by atoms with Crippen molar-refractivity contribution in [2.45, 2.75) is 6.54 Å². The van der Waals surface area contributed by atoms with Gasteiger partial charge >= 0.3 is 0 Å². The molecule has 3 rings (SSSR count). The molecule has 1 aliphatic rings. The number of rotatable bonds is 5.